The number of anilines is 1. The van der Waals surface area contributed by atoms with Gasteiger partial charge in [0.15, 0.2) is 0 Å². The van der Waals surface area contributed by atoms with Crippen molar-refractivity contribution >= 4 is 46.5 Å². The van der Waals surface area contributed by atoms with Crippen molar-refractivity contribution in [2.45, 2.75) is 6.92 Å². The van der Waals surface area contributed by atoms with Crippen molar-refractivity contribution in [1.29, 1.82) is 5.26 Å². The van der Waals surface area contributed by atoms with Crippen molar-refractivity contribution in [3.8, 4) is 6.07 Å². The first-order chi connectivity index (χ1) is 12.4. The Hall–Kier alpha value is -2.07. The fourth-order valence-corrected chi connectivity index (χ4v) is 3.53. The molecule has 1 amide bonds. The number of carbonyl (C=O) groups is 1. The zero-order valence-electron chi connectivity index (χ0n) is 13.8. The molecule has 9 heteroatoms. The minimum atomic E-state index is -0.169. The lowest BCUT2D eigenvalue weighted by Gasteiger charge is -2.36. The van der Waals surface area contributed by atoms with Crippen molar-refractivity contribution < 1.29 is 4.79 Å². The average molecular weight is 411 g/mol. The lowest BCUT2D eigenvalue weighted by atomic mass is 10.1. The molecule has 1 aliphatic rings. The highest BCUT2D eigenvalue weighted by Gasteiger charge is 2.26. The number of hydrogen-bond donors (Lipinski definition) is 0. The topological polar surface area (TPSA) is 73.1 Å². The minimum absolute atomic E-state index is 0.106. The molecule has 134 valence electrons. The van der Waals surface area contributed by atoms with E-state index in [1.165, 1.54) is 6.07 Å². The van der Waals surface area contributed by atoms with Crippen LogP contribution in [0.5, 0.6) is 0 Å². The smallest absolute Gasteiger partial charge is 0.255 e. The lowest BCUT2D eigenvalue weighted by Crippen LogP contribution is -2.49. The first-order valence-corrected chi connectivity index (χ1v) is 8.96. The van der Waals surface area contributed by atoms with Gasteiger partial charge in [-0.25, -0.2) is 9.97 Å². The number of rotatable bonds is 2. The fourth-order valence-electron chi connectivity index (χ4n) is 2.80. The van der Waals surface area contributed by atoms with Gasteiger partial charge >= 0.3 is 0 Å². The molecule has 0 bridgehead atoms. The summed E-state index contributed by atoms with van der Waals surface area (Å²) in [5.41, 5.74) is 1.09. The van der Waals surface area contributed by atoms with Gasteiger partial charge in [0.25, 0.3) is 5.91 Å². The van der Waals surface area contributed by atoms with E-state index in [2.05, 4.69) is 9.97 Å². The van der Waals surface area contributed by atoms with Gasteiger partial charge in [0, 0.05) is 32.4 Å². The molecular weight excluding hydrogens is 397 g/mol. The molecule has 1 aliphatic heterocycles. The van der Waals surface area contributed by atoms with Gasteiger partial charge in [0.1, 0.15) is 17.0 Å². The van der Waals surface area contributed by atoms with Crippen molar-refractivity contribution in [2.24, 2.45) is 0 Å². The van der Waals surface area contributed by atoms with Crippen LogP contribution in [0.2, 0.25) is 15.2 Å². The number of hydrogen-bond acceptors (Lipinski definition) is 5. The van der Waals surface area contributed by atoms with E-state index < -0.39 is 0 Å². The third-order valence-electron chi connectivity index (χ3n) is 4.17. The summed E-state index contributed by atoms with van der Waals surface area (Å²) in [5, 5.41) is 10.2. The molecular formula is C17H14Cl3N5O. The van der Waals surface area contributed by atoms with Crippen LogP contribution in [0.4, 0.5) is 5.82 Å². The van der Waals surface area contributed by atoms with E-state index in [1.807, 2.05) is 11.0 Å². The van der Waals surface area contributed by atoms with Crippen LogP contribution in [0.25, 0.3) is 0 Å². The Labute approximate surface area is 165 Å². The maximum atomic E-state index is 12.8. The van der Waals surface area contributed by atoms with Crippen molar-refractivity contribution in [2.75, 3.05) is 31.1 Å². The monoisotopic (exact) mass is 409 g/mol. The summed E-state index contributed by atoms with van der Waals surface area (Å²) >= 11 is 18.0. The number of halogens is 3. The molecule has 2 aromatic rings. The number of pyridine rings is 2. The number of carbonyl (C=O) groups excluding carboxylic acids is 1. The second-order valence-electron chi connectivity index (χ2n) is 5.81. The zero-order valence-corrected chi connectivity index (χ0v) is 16.1. The van der Waals surface area contributed by atoms with E-state index in [4.69, 9.17) is 40.1 Å². The van der Waals surface area contributed by atoms with Crippen LogP contribution in [0.15, 0.2) is 18.3 Å². The molecule has 0 aromatic carbocycles. The molecule has 3 heterocycles. The lowest BCUT2D eigenvalue weighted by molar-refractivity contribution is 0.0745. The van der Waals surface area contributed by atoms with Crippen LogP contribution in [-0.4, -0.2) is 47.0 Å². The summed E-state index contributed by atoms with van der Waals surface area (Å²) in [4.78, 5) is 24.9. The normalized spacial score (nSPS) is 14.3. The number of piperazine rings is 1. The van der Waals surface area contributed by atoms with E-state index >= 15 is 0 Å². The van der Waals surface area contributed by atoms with Crippen LogP contribution in [0.1, 0.15) is 21.6 Å². The second-order valence-corrected chi connectivity index (χ2v) is 7.01. The maximum Gasteiger partial charge on any atom is 0.255 e. The van der Waals surface area contributed by atoms with E-state index in [0.29, 0.717) is 53.3 Å². The summed E-state index contributed by atoms with van der Waals surface area (Å²) in [6.07, 6.45) is 1.55. The highest BCUT2D eigenvalue weighted by atomic mass is 35.5. The number of aryl methyl sites for hydroxylation is 1. The van der Waals surface area contributed by atoms with Gasteiger partial charge in [-0.1, -0.05) is 34.8 Å². The van der Waals surface area contributed by atoms with Gasteiger partial charge < -0.3 is 9.80 Å². The second kappa shape index (κ2) is 7.67. The van der Waals surface area contributed by atoms with Crippen LogP contribution in [0, 0.1) is 18.3 Å². The SMILES string of the molecule is Cc1nc(Cl)c(C#N)cc1C(=O)N1CCN(c2ncc(Cl)cc2Cl)CC1. The van der Waals surface area contributed by atoms with Crippen molar-refractivity contribution in [3.63, 3.8) is 0 Å². The van der Waals surface area contributed by atoms with Crippen molar-refractivity contribution in [1.82, 2.24) is 14.9 Å². The molecule has 3 rings (SSSR count). The van der Waals surface area contributed by atoms with Crippen LogP contribution < -0.4 is 4.90 Å². The molecule has 0 saturated carbocycles. The summed E-state index contributed by atoms with van der Waals surface area (Å²) in [5.74, 6) is 0.484. The van der Waals surface area contributed by atoms with Crippen LogP contribution in [-0.2, 0) is 0 Å². The van der Waals surface area contributed by atoms with Gasteiger partial charge in [0.05, 0.1) is 26.9 Å². The molecule has 0 atom stereocenters. The van der Waals surface area contributed by atoms with Gasteiger partial charge in [0.2, 0.25) is 0 Å². The van der Waals surface area contributed by atoms with Crippen LogP contribution >= 0.6 is 34.8 Å². The molecule has 1 saturated heterocycles. The Morgan fingerprint density at radius 2 is 1.88 bits per heavy atom. The highest BCUT2D eigenvalue weighted by molar-refractivity contribution is 6.36. The Kier molecular flexibility index (Phi) is 5.52. The first-order valence-electron chi connectivity index (χ1n) is 7.83. The molecule has 2 aromatic heterocycles. The Morgan fingerprint density at radius 3 is 2.50 bits per heavy atom. The molecule has 26 heavy (non-hydrogen) atoms. The molecule has 6 nitrogen and oxygen atoms in total. The van der Waals surface area contributed by atoms with Crippen molar-refractivity contribution in [3.05, 3.63) is 50.3 Å². The van der Waals surface area contributed by atoms with E-state index in [0.717, 1.165) is 0 Å². The molecule has 0 spiro atoms. The number of aromatic nitrogens is 2. The largest absolute Gasteiger partial charge is 0.352 e. The molecule has 0 radical (unpaired) electrons. The molecule has 1 fully saturated rings. The van der Waals surface area contributed by atoms with Gasteiger partial charge in [-0.05, 0) is 19.1 Å². The van der Waals surface area contributed by atoms with E-state index in [9.17, 15) is 4.79 Å². The van der Waals surface area contributed by atoms with E-state index in [1.54, 1.807) is 24.1 Å². The predicted molar refractivity (Wildman–Crippen MR) is 101 cm³/mol. The summed E-state index contributed by atoms with van der Waals surface area (Å²) < 4.78 is 0. The van der Waals surface area contributed by atoms with Gasteiger partial charge in [-0.15, -0.1) is 0 Å². The summed E-state index contributed by atoms with van der Waals surface area (Å²) in [7, 11) is 0. The molecule has 0 N–H and O–H groups in total. The summed E-state index contributed by atoms with van der Waals surface area (Å²) in [6, 6.07) is 5.10. The fraction of sp³-hybridized carbons (Fsp3) is 0.294. The number of amides is 1. The Bertz CT molecular complexity index is 904. The first kappa shape index (κ1) is 18.7. The molecule has 0 aliphatic carbocycles. The van der Waals surface area contributed by atoms with Crippen LogP contribution in [0.3, 0.4) is 0 Å². The standard InChI is InChI=1S/C17H14Cl3N5O/c1-10-13(6-11(8-21)15(20)23-10)17(26)25-4-2-24(3-5-25)16-14(19)7-12(18)9-22-16/h6-7,9H,2-5H2,1H3. The maximum absolute atomic E-state index is 12.8. The Balaban J connectivity index is 1.74. The Morgan fingerprint density at radius 1 is 1.19 bits per heavy atom. The third kappa shape index (κ3) is 3.70. The number of nitriles is 1. The minimum Gasteiger partial charge on any atom is -0.352 e. The quantitative estimate of drug-likeness (QED) is 0.708. The summed E-state index contributed by atoms with van der Waals surface area (Å²) in [6.45, 7) is 3.89. The van der Waals surface area contributed by atoms with Gasteiger partial charge in [-0.2, -0.15) is 5.26 Å². The average Bonchev–Trinajstić information content (AvgIpc) is 2.62. The van der Waals surface area contributed by atoms with Gasteiger partial charge in [-0.3, -0.25) is 4.79 Å². The van der Waals surface area contributed by atoms with E-state index in [-0.39, 0.29) is 16.6 Å². The highest BCUT2D eigenvalue weighted by Crippen LogP contribution is 2.27. The predicted octanol–water partition coefficient (Wildman–Crippen LogP) is 3.58. The third-order valence-corrected chi connectivity index (χ3v) is 4.95. The molecule has 0 unspecified atom stereocenters. The zero-order chi connectivity index (χ0) is 18.8. The number of nitrogens with zero attached hydrogens (tertiary/aromatic N) is 5.